The average molecular weight is 136 g/mol. The number of hydrogen-bond donors (Lipinski definition) is 1. The Morgan fingerprint density at radius 2 is 1.78 bits per heavy atom. The summed E-state index contributed by atoms with van der Waals surface area (Å²) in [5.74, 6) is -0.310. The lowest BCUT2D eigenvalue weighted by molar-refractivity contribution is -0.665. The normalized spacial score (nSPS) is 23.0. The van der Waals surface area contributed by atoms with E-state index < -0.39 is 6.43 Å². The molecule has 0 atom stereocenters. The maximum atomic E-state index is 11.9. The van der Waals surface area contributed by atoms with Crippen LogP contribution in [-0.4, -0.2) is 19.5 Å². The van der Waals surface area contributed by atoms with Gasteiger partial charge in [0, 0.05) is 18.8 Å². The summed E-state index contributed by atoms with van der Waals surface area (Å²) in [6.07, 6.45) is -0.700. The lowest BCUT2D eigenvalue weighted by Gasteiger charge is -2.18. The van der Waals surface area contributed by atoms with Crippen LogP contribution in [0.25, 0.3) is 0 Å². The van der Waals surface area contributed by atoms with Crippen molar-refractivity contribution in [1.82, 2.24) is 0 Å². The molecule has 1 saturated heterocycles. The maximum absolute atomic E-state index is 11.9. The van der Waals surface area contributed by atoms with Crippen LogP contribution in [0.15, 0.2) is 0 Å². The summed E-state index contributed by atoms with van der Waals surface area (Å²) in [6, 6.07) is 0. The summed E-state index contributed by atoms with van der Waals surface area (Å²) < 4.78 is 23.8. The molecule has 1 fully saturated rings. The van der Waals surface area contributed by atoms with Crippen molar-refractivity contribution in [1.29, 1.82) is 0 Å². The first-order valence-electron chi connectivity index (χ1n) is 3.40. The van der Waals surface area contributed by atoms with E-state index in [1.54, 1.807) is 0 Å². The predicted molar refractivity (Wildman–Crippen MR) is 30.4 cm³/mol. The van der Waals surface area contributed by atoms with Gasteiger partial charge in [-0.1, -0.05) is 0 Å². The molecular formula is C6H12F2N+. The fourth-order valence-corrected chi connectivity index (χ4v) is 1.20. The summed E-state index contributed by atoms with van der Waals surface area (Å²) in [5, 5.41) is 2.10. The molecule has 3 heteroatoms. The van der Waals surface area contributed by atoms with Gasteiger partial charge in [0.25, 0.3) is 0 Å². The molecule has 0 spiro atoms. The van der Waals surface area contributed by atoms with Crippen molar-refractivity contribution in [3.05, 3.63) is 0 Å². The van der Waals surface area contributed by atoms with Crippen LogP contribution >= 0.6 is 0 Å². The monoisotopic (exact) mass is 136 g/mol. The quantitative estimate of drug-likeness (QED) is 0.531. The van der Waals surface area contributed by atoms with Gasteiger partial charge in [-0.3, -0.25) is 0 Å². The second-order valence-corrected chi connectivity index (χ2v) is 2.54. The Labute approximate surface area is 53.4 Å². The molecule has 1 aliphatic heterocycles. The van der Waals surface area contributed by atoms with Gasteiger partial charge in [-0.25, -0.2) is 8.78 Å². The molecule has 0 amide bonds. The number of rotatable bonds is 1. The van der Waals surface area contributed by atoms with Crippen LogP contribution in [0.1, 0.15) is 12.8 Å². The van der Waals surface area contributed by atoms with Gasteiger partial charge in [0.1, 0.15) is 0 Å². The Bertz CT molecular complexity index is 79.1. The van der Waals surface area contributed by atoms with Crippen molar-refractivity contribution in [2.75, 3.05) is 13.1 Å². The molecule has 0 bridgehead atoms. The topological polar surface area (TPSA) is 16.6 Å². The van der Waals surface area contributed by atoms with Gasteiger partial charge in [-0.05, 0) is 0 Å². The van der Waals surface area contributed by atoms with Gasteiger partial charge in [-0.2, -0.15) is 0 Å². The van der Waals surface area contributed by atoms with Crippen LogP contribution < -0.4 is 5.32 Å². The van der Waals surface area contributed by atoms with Crippen molar-refractivity contribution in [2.45, 2.75) is 19.3 Å². The van der Waals surface area contributed by atoms with E-state index in [1.807, 2.05) is 0 Å². The summed E-state index contributed by atoms with van der Waals surface area (Å²) in [6.45, 7) is 1.77. The van der Waals surface area contributed by atoms with Crippen LogP contribution in [0, 0.1) is 5.92 Å². The zero-order valence-corrected chi connectivity index (χ0v) is 5.32. The van der Waals surface area contributed by atoms with Crippen molar-refractivity contribution in [3.8, 4) is 0 Å². The molecule has 0 aliphatic carbocycles. The molecule has 0 saturated carbocycles. The molecule has 1 aliphatic rings. The van der Waals surface area contributed by atoms with Gasteiger partial charge in [0.05, 0.1) is 13.1 Å². The largest absolute Gasteiger partial charge is 0.346 e. The van der Waals surface area contributed by atoms with E-state index in [0.29, 0.717) is 12.8 Å². The summed E-state index contributed by atoms with van der Waals surface area (Å²) in [5.41, 5.74) is 0. The average Bonchev–Trinajstić information content (AvgIpc) is 1.90. The molecule has 54 valence electrons. The highest BCUT2D eigenvalue weighted by molar-refractivity contribution is 4.62. The van der Waals surface area contributed by atoms with Gasteiger partial charge in [0.2, 0.25) is 6.43 Å². The fourth-order valence-electron chi connectivity index (χ4n) is 1.20. The van der Waals surface area contributed by atoms with Crippen LogP contribution in [0.4, 0.5) is 8.78 Å². The molecule has 0 aromatic rings. The molecule has 1 heterocycles. The zero-order valence-electron chi connectivity index (χ0n) is 5.32. The zero-order chi connectivity index (χ0) is 6.69. The van der Waals surface area contributed by atoms with E-state index in [0.717, 1.165) is 13.1 Å². The Morgan fingerprint density at radius 3 is 2.11 bits per heavy atom. The van der Waals surface area contributed by atoms with Crippen molar-refractivity contribution in [2.24, 2.45) is 5.92 Å². The number of halogens is 2. The Kier molecular flexibility index (Phi) is 2.39. The number of quaternary nitrogens is 1. The first-order chi connectivity index (χ1) is 4.30. The van der Waals surface area contributed by atoms with Crippen LogP contribution in [0.3, 0.4) is 0 Å². The highest BCUT2D eigenvalue weighted by Crippen LogP contribution is 2.17. The van der Waals surface area contributed by atoms with E-state index in [9.17, 15) is 8.78 Å². The molecule has 2 N–H and O–H groups in total. The second-order valence-electron chi connectivity index (χ2n) is 2.54. The Hall–Kier alpha value is -0.180. The molecule has 1 rings (SSSR count). The third-order valence-corrected chi connectivity index (χ3v) is 1.84. The lowest BCUT2D eigenvalue weighted by Crippen LogP contribution is -2.86. The predicted octanol–water partition coefficient (Wildman–Crippen LogP) is 0.225. The van der Waals surface area contributed by atoms with Crippen LogP contribution in [0.5, 0.6) is 0 Å². The van der Waals surface area contributed by atoms with E-state index in [4.69, 9.17) is 0 Å². The van der Waals surface area contributed by atoms with Crippen LogP contribution in [0.2, 0.25) is 0 Å². The minimum Gasteiger partial charge on any atom is -0.346 e. The molecule has 0 aromatic carbocycles. The number of alkyl halides is 2. The number of nitrogens with two attached hydrogens (primary N) is 1. The smallest absolute Gasteiger partial charge is 0.241 e. The number of hydrogen-bond acceptors (Lipinski definition) is 0. The van der Waals surface area contributed by atoms with E-state index in [-0.39, 0.29) is 5.92 Å². The third-order valence-electron chi connectivity index (χ3n) is 1.84. The molecule has 0 unspecified atom stereocenters. The van der Waals surface area contributed by atoms with Gasteiger partial charge < -0.3 is 5.32 Å². The van der Waals surface area contributed by atoms with Gasteiger partial charge in [-0.15, -0.1) is 0 Å². The van der Waals surface area contributed by atoms with Crippen molar-refractivity contribution in [3.63, 3.8) is 0 Å². The van der Waals surface area contributed by atoms with Crippen LogP contribution in [-0.2, 0) is 0 Å². The molecule has 0 aromatic heterocycles. The maximum Gasteiger partial charge on any atom is 0.241 e. The lowest BCUT2D eigenvalue weighted by atomic mass is 9.99. The van der Waals surface area contributed by atoms with E-state index in [2.05, 4.69) is 5.32 Å². The number of piperidine rings is 1. The summed E-state index contributed by atoms with van der Waals surface area (Å²) in [7, 11) is 0. The van der Waals surface area contributed by atoms with Gasteiger partial charge in [0.15, 0.2) is 0 Å². The molecule has 9 heavy (non-hydrogen) atoms. The van der Waals surface area contributed by atoms with Crippen molar-refractivity contribution < 1.29 is 14.1 Å². The second kappa shape index (κ2) is 3.11. The Morgan fingerprint density at radius 1 is 1.22 bits per heavy atom. The van der Waals surface area contributed by atoms with Crippen molar-refractivity contribution >= 4 is 0 Å². The van der Waals surface area contributed by atoms with E-state index >= 15 is 0 Å². The molecule has 0 radical (unpaired) electrons. The Balaban J connectivity index is 2.23. The fraction of sp³-hybridized carbons (Fsp3) is 1.00. The molecule has 1 nitrogen and oxygen atoms in total. The minimum atomic E-state index is -2.08. The highest BCUT2D eigenvalue weighted by Gasteiger charge is 2.23. The van der Waals surface area contributed by atoms with E-state index in [1.165, 1.54) is 0 Å². The third kappa shape index (κ3) is 1.90. The van der Waals surface area contributed by atoms with Gasteiger partial charge >= 0.3 is 0 Å². The first-order valence-corrected chi connectivity index (χ1v) is 3.40. The summed E-state index contributed by atoms with van der Waals surface area (Å²) in [4.78, 5) is 0. The minimum absolute atomic E-state index is 0.310. The SMILES string of the molecule is FC(F)C1CC[NH2+]CC1. The standard InChI is InChI=1S/C6H11F2N/c7-6(8)5-1-3-9-4-2-5/h5-6,9H,1-4H2/p+1. The first kappa shape index (κ1) is 6.93. The summed E-state index contributed by atoms with van der Waals surface area (Å²) >= 11 is 0. The molecular weight excluding hydrogens is 124 g/mol. The highest BCUT2D eigenvalue weighted by atomic mass is 19.3.